The molecule has 0 bridgehead atoms. The number of carboxylic acid groups (broad SMARTS) is 2. The monoisotopic (exact) mass is 288 g/mol. The quantitative estimate of drug-likeness (QED) is 0.583. The topological polar surface area (TPSA) is 115 Å². The van der Waals surface area contributed by atoms with Crippen LogP contribution in [-0.2, 0) is 0 Å². The van der Waals surface area contributed by atoms with Gasteiger partial charge in [0.25, 0.3) is 0 Å². The van der Waals surface area contributed by atoms with Crippen molar-refractivity contribution >= 4 is 23.5 Å². The molecule has 0 spiro atoms. The van der Waals surface area contributed by atoms with Gasteiger partial charge >= 0.3 is 11.9 Å². The van der Waals surface area contributed by atoms with Gasteiger partial charge < -0.3 is 20.4 Å². The molecular formula is C12H13ClO6. The summed E-state index contributed by atoms with van der Waals surface area (Å²) in [5.74, 6) is -2.49. The molecule has 0 aliphatic heterocycles. The smallest absolute Gasteiger partial charge is 0.336 e. The number of benzene rings is 1. The molecule has 2 unspecified atom stereocenters. The van der Waals surface area contributed by atoms with E-state index in [1.807, 2.05) is 0 Å². The summed E-state index contributed by atoms with van der Waals surface area (Å²) in [6.07, 6.45) is -2.72. The van der Waals surface area contributed by atoms with Crippen LogP contribution < -0.4 is 0 Å². The number of aliphatic hydroxyl groups excluding tert-OH is 2. The van der Waals surface area contributed by atoms with Crippen molar-refractivity contribution in [3.05, 3.63) is 34.9 Å². The highest BCUT2D eigenvalue weighted by Crippen LogP contribution is 2.24. The van der Waals surface area contributed by atoms with Gasteiger partial charge in [-0.15, -0.1) is 11.6 Å². The molecule has 2 atom stereocenters. The first-order chi connectivity index (χ1) is 8.88. The van der Waals surface area contributed by atoms with Crippen LogP contribution in [0.1, 0.15) is 38.8 Å². The van der Waals surface area contributed by atoms with Crippen molar-refractivity contribution in [3.8, 4) is 0 Å². The first-order valence-corrected chi connectivity index (χ1v) is 5.94. The zero-order valence-electron chi connectivity index (χ0n) is 9.78. The Morgan fingerprint density at radius 2 is 1.79 bits per heavy atom. The summed E-state index contributed by atoms with van der Waals surface area (Å²) in [5.41, 5.74) is -0.576. The van der Waals surface area contributed by atoms with E-state index in [0.29, 0.717) is 0 Å². The Hall–Kier alpha value is -1.63. The van der Waals surface area contributed by atoms with Crippen molar-refractivity contribution in [2.24, 2.45) is 0 Å². The molecule has 0 heterocycles. The fourth-order valence-electron chi connectivity index (χ4n) is 1.61. The van der Waals surface area contributed by atoms with Crippen LogP contribution in [0.5, 0.6) is 0 Å². The van der Waals surface area contributed by atoms with E-state index in [9.17, 15) is 19.8 Å². The lowest BCUT2D eigenvalue weighted by Gasteiger charge is -2.19. The number of hydrogen-bond acceptors (Lipinski definition) is 4. The molecule has 1 aromatic rings. The Kier molecular flexibility index (Phi) is 5.29. The number of rotatable bonds is 6. The van der Waals surface area contributed by atoms with Crippen LogP contribution in [0.4, 0.5) is 0 Å². The molecule has 0 saturated carbocycles. The average Bonchev–Trinajstić information content (AvgIpc) is 2.37. The number of aliphatic hydroxyl groups is 2. The summed E-state index contributed by atoms with van der Waals surface area (Å²) in [6.45, 7) is 0. The number of hydrogen-bond donors (Lipinski definition) is 4. The summed E-state index contributed by atoms with van der Waals surface area (Å²) in [5, 5.41) is 37.4. The third-order valence-electron chi connectivity index (χ3n) is 2.62. The van der Waals surface area contributed by atoms with Crippen LogP contribution >= 0.6 is 11.6 Å². The van der Waals surface area contributed by atoms with Gasteiger partial charge in [-0.1, -0.05) is 0 Å². The SMILES string of the molecule is O=C(O)c1ccc(C(=O)O)c(C(O)C(O)CCCl)c1. The normalized spacial score (nSPS) is 13.8. The van der Waals surface area contributed by atoms with Crippen LogP contribution in [0, 0.1) is 0 Å². The van der Waals surface area contributed by atoms with Crippen molar-refractivity contribution in [1.82, 2.24) is 0 Å². The van der Waals surface area contributed by atoms with Gasteiger partial charge in [0, 0.05) is 5.88 Å². The van der Waals surface area contributed by atoms with E-state index in [1.165, 1.54) is 0 Å². The maximum absolute atomic E-state index is 11.0. The van der Waals surface area contributed by atoms with E-state index in [1.54, 1.807) is 0 Å². The van der Waals surface area contributed by atoms with Gasteiger partial charge in [-0.25, -0.2) is 9.59 Å². The maximum Gasteiger partial charge on any atom is 0.336 e. The summed E-state index contributed by atoms with van der Waals surface area (Å²) in [7, 11) is 0. The Labute approximate surface area is 113 Å². The first kappa shape index (κ1) is 15.4. The van der Waals surface area contributed by atoms with E-state index < -0.39 is 24.1 Å². The van der Waals surface area contributed by atoms with Gasteiger partial charge in [0.2, 0.25) is 0 Å². The molecular weight excluding hydrogens is 276 g/mol. The van der Waals surface area contributed by atoms with Gasteiger partial charge in [0.05, 0.1) is 17.2 Å². The highest BCUT2D eigenvalue weighted by Gasteiger charge is 2.24. The van der Waals surface area contributed by atoms with E-state index in [4.69, 9.17) is 21.8 Å². The standard InChI is InChI=1S/C12H13ClO6/c13-4-3-9(14)10(15)8-5-6(11(16)17)1-2-7(8)12(18)19/h1-2,5,9-10,14-15H,3-4H2,(H,16,17)(H,18,19). The van der Waals surface area contributed by atoms with Crippen molar-refractivity contribution in [2.45, 2.75) is 18.6 Å². The molecule has 0 fully saturated rings. The van der Waals surface area contributed by atoms with Gasteiger partial charge in [0.15, 0.2) is 0 Å². The molecule has 1 aromatic carbocycles. The van der Waals surface area contributed by atoms with Gasteiger partial charge in [-0.05, 0) is 30.2 Å². The molecule has 104 valence electrons. The van der Waals surface area contributed by atoms with Gasteiger partial charge in [-0.2, -0.15) is 0 Å². The second-order valence-corrected chi connectivity index (χ2v) is 4.28. The van der Waals surface area contributed by atoms with Crippen LogP contribution in [0.3, 0.4) is 0 Å². The minimum atomic E-state index is -1.51. The van der Waals surface area contributed by atoms with Crippen LogP contribution in [0.2, 0.25) is 0 Å². The first-order valence-electron chi connectivity index (χ1n) is 5.41. The third-order valence-corrected chi connectivity index (χ3v) is 2.84. The minimum Gasteiger partial charge on any atom is -0.478 e. The Balaban J connectivity index is 3.24. The molecule has 0 amide bonds. The number of alkyl halides is 1. The zero-order valence-corrected chi connectivity index (χ0v) is 10.5. The van der Waals surface area contributed by atoms with E-state index in [0.717, 1.165) is 18.2 Å². The Bertz CT molecular complexity index is 487. The van der Waals surface area contributed by atoms with Crippen molar-refractivity contribution in [2.75, 3.05) is 5.88 Å². The van der Waals surface area contributed by atoms with Gasteiger partial charge in [-0.3, -0.25) is 0 Å². The molecule has 4 N–H and O–H groups in total. The van der Waals surface area contributed by atoms with Crippen molar-refractivity contribution in [3.63, 3.8) is 0 Å². The highest BCUT2D eigenvalue weighted by atomic mass is 35.5. The van der Waals surface area contributed by atoms with Crippen molar-refractivity contribution < 1.29 is 30.0 Å². The largest absolute Gasteiger partial charge is 0.478 e. The summed E-state index contributed by atoms with van der Waals surface area (Å²) in [6, 6.07) is 3.24. The minimum absolute atomic E-state index is 0.0546. The second-order valence-electron chi connectivity index (χ2n) is 3.90. The number of halogens is 1. The molecule has 0 radical (unpaired) electrons. The van der Waals surface area contributed by atoms with E-state index in [-0.39, 0.29) is 29.0 Å². The Morgan fingerprint density at radius 3 is 2.26 bits per heavy atom. The lowest BCUT2D eigenvalue weighted by atomic mass is 9.95. The number of carboxylic acids is 2. The predicted octanol–water partition coefficient (Wildman–Crippen LogP) is 1.11. The fraction of sp³-hybridized carbons (Fsp3) is 0.333. The molecule has 0 aliphatic carbocycles. The molecule has 0 saturated heterocycles. The average molecular weight is 289 g/mol. The molecule has 0 aliphatic rings. The number of aromatic carboxylic acids is 2. The highest BCUT2D eigenvalue weighted by molar-refractivity contribution is 6.17. The number of carbonyl (C=O) groups is 2. The summed E-state index contributed by atoms with van der Waals surface area (Å²) < 4.78 is 0. The second kappa shape index (κ2) is 6.51. The zero-order chi connectivity index (χ0) is 14.6. The summed E-state index contributed by atoms with van der Waals surface area (Å²) in [4.78, 5) is 21.9. The predicted molar refractivity (Wildman–Crippen MR) is 66.7 cm³/mol. The fourth-order valence-corrected chi connectivity index (χ4v) is 1.84. The summed E-state index contributed by atoms with van der Waals surface area (Å²) >= 11 is 5.43. The van der Waals surface area contributed by atoms with E-state index in [2.05, 4.69) is 0 Å². The molecule has 7 heteroatoms. The molecule has 1 rings (SSSR count). The lowest BCUT2D eigenvalue weighted by Crippen LogP contribution is -2.21. The van der Waals surface area contributed by atoms with Crippen LogP contribution in [0.25, 0.3) is 0 Å². The van der Waals surface area contributed by atoms with E-state index >= 15 is 0 Å². The maximum atomic E-state index is 11.0. The van der Waals surface area contributed by atoms with Crippen LogP contribution in [-0.4, -0.2) is 44.3 Å². The third kappa shape index (κ3) is 3.66. The molecule has 6 nitrogen and oxygen atoms in total. The lowest BCUT2D eigenvalue weighted by molar-refractivity contribution is 0.0159. The van der Waals surface area contributed by atoms with Gasteiger partial charge in [0.1, 0.15) is 6.10 Å². The Morgan fingerprint density at radius 1 is 1.16 bits per heavy atom. The molecule has 0 aromatic heterocycles. The van der Waals surface area contributed by atoms with Crippen molar-refractivity contribution in [1.29, 1.82) is 0 Å². The van der Waals surface area contributed by atoms with Crippen LogP contribution in [0.15, 0.2) is 18.2 Å². The molecule has 19 heavy (non-hydrogen) atoms.